The SMILES string of the molecule is Cc1ccc(OCC(=O)Nc2ccc3c(c2)C(=O)N(CCC(=O)[O-])C3=O)cc1C. The highest BCUT2D eigenvalue weighted by molar-refractivity contribution is 6.22. The number of fused-ring (bicyclic) bond motifs is 1. The molecule has 3 amide bonds. The van der Waals surface area contributed by atoms with Crippen molar-refractivity contribution in [2.24, 2.45) is 0 Å². The lowest BCUT2D eigenvalue weighted by atomic mass is 10.1. The summed E-state index contributed by atoms with van der Waals surface area (Å²) in [6.45, 7) is 3.44. The van der Waals surface area contributed by atoms with Crippen LogP contribution in [-0.4, -0.2) is 41.7 Å². The van der Waals surface area contributed by atoms with Gasteiger partial charge in [-0.15, -0.1) is 0 Å². The van der Waals surface area contributed by atoms with Gasteiger partial charge in [-0.05, 0) is 55.3 Å². The van der Waals surface area contributed by atoms with Gasteiger partial charge in [-0.3, -0.25) is 19.3 Å². The predicted molar refractivity (Wildman–Crippen MR) is 101 cm³/mol. The Hall–Kier alpha value is -3.68. The van der Waals surface area contributed by atoms with Crippen LogP contribution in [0.15, 0.2) is 36.4 Å². The fourth-order valence-corrected chi connectivity index (χ4v) is 2.92. The first kappa shape index (κ1) is 20.1. The van der Waals surface area contributed by atoms with Gasteiger partial charge in [0.15, 0.2) is 6.61 Å². The van der Waals surface area contributed by atoms with Crippen molar-refractivity contribution in [1.82, 2.24) is 4.90 Å². The van der Waals surface area contributed by atoms with Gasteiger partial charge in [0.25, 0.3) is 17.7 Å². The smallest absolute Gasteiger partial charge is 0.262 e. The quantitative estimate of drug-likeness (QED) is 0.701. The molecule has 0 aliphatic carbocycles. The zero-order valence-corrected chi connectivity index (χ0v) is 16.0. The highest BCUT2D eigenvalue weighted by Crippen LogP contribution is 2.26. The van der Waals surface area contributed by atoms with Gasteiger partial charge in [0, 0.05) is 24.6 Å². The van der Waals surface area contributed by atoms with Crippen LogP contribution in [-0.2, 0) is 9.59 Å². The molecule has 29 heavy (non-hydrogen) atoms. The Kier molecular flexibility index (Phi) is 5.63. The van der Waals surface area contributed by atoms with E-state index in [1.54, 1.807) is 6.07 Å². The van der Waals surface area contributed by atoms with Crippen LogP contribution in [0.2, 0.25) is 0 Å². The molecular weight excluding hydrogens is 376 g/mol. The standard InChI is InChI=1S/C21H20N2O6/c1-12-3-5-15(9-13(12)2)29-11-18(24)22-14-4-6-16-17(10-14)21(28)23(20(16)27)8-7-19(25)26/h3-6,9-10H,7-8,11H2,1-2H3,(H,22,24)(H,25,26)/p-1. The molecule has 0 bridgehead atoms. The van der Waals surface area contributed by atoms with Crippen LogP contribution < -0.4 is 15.2 Å². The molecule has 1 heterocycles. The normalized spacial score (nSPS) is 12.7. The highest BCUT2D eigenvalue weighted by atomic mass is 16.5. The molecule has 0 fully saturated rings. The number of hydrogen-bond acceptors (Lipinski definition) is 6. The van der Waals surface area contributed by atoms with E-state index in [-0.39, 0.29) is 24.3 Å². The number of nitrogens with one attached hydrogen (secondary N) is 1. The topological polar surface area (TPSA) is 116 Å². The lowest BCUT2D eigenvalue weighted by molar-refractivity contribution is -0.305. The van der Waals surface area contributed by atoms with Gasteiger partial charge in [-0.2, -0.15) is 0 Å². The summed E-state index contributed by atoms with van der Waals surface area (Å²) in [5, 5.41) is 13.2. The molecule has 1 N–H and O–H groups in total. The second kappa shape index (κ2) is 8.14. The highest BCUT2D eigenvalue weighted by Gasteiger charge is 2.35. The number of carbonyl (C=O) groups is 4. The number of carboxylic acids is 1. The molecule has 0 saturated heterocycles. The van der Waals surface area contributed by atoms with Crippen molar-refractivity contribution < 1.29 is 29.0 Å². The second-order valence-corrected chi connectivity index (χ2v) is 6.73. The molecule has 3 rings (SSSR count). The minimum absolute atomic E-state index is 0.112. The average Bonchev–Trinajstić information content (AvgIpc) is 2.91. The molecule has 0 atom stereocenters. The Morgan fingerprint density at radius 1 is 1.00 bits per heavy atom. The van der Waals surface area contributed by atoms with Crippen molar-refractivity contribution in [1.29, 1.82) is 0 Å². The maximum atomic E-state index is 12.4. The van der Waals surface area contributed by atoms with Gasteiger partial charge in [0.2, 0.25) is 0 Å². The summed E-state index contributed by atoms with van der Waals surface area (Å²) in [7, 11) is 0. The van der Waals surface area contributed by atoms with E-state index in [1.807, 2.05) is 26.0 Å². The first-order valence-electron chi connectivity index (χ1n) is 8.96. The lowest BCUT2D eigenvalue weighted by Gasteiger charge is -2.13. The number of aryl methyl sites for hydroxylation is 2. The number of carboxylic acid groups (broad SMARTS) is 1. The van der Waals surface area contributed by atoms with Crippen LogP contribution in [0.5, 0.6) is 5.75 Å². The van der Waals surface area contributed by atoms with Gasteiger partial charge in [0.1, 0.15) is 5.75 Å². The molecule has 0 aromatic heterocycles. The lowest BCUT2D eigenvalue weighted by Crippen LogP contribution is -2.34. The van der Waals surface area contributed by atoms with E-state index in [1.165, 1.54) is 18.2 Å². The van der Waals surface area contributed by atoms with Crippen LogP contribution >= 0.6 is 0 Å². The van der Waals surface area contributed by atoms with E-state index in [0.29, 0.717) is 11.4 Å². The van der Waals surface area contributed by atoms with Gasteiger partial charge in [0.05, 0.1) is 11.1 Å². The molecule has 2 aromatic rings. The number of nitrogens with zero attached hydrogens (tertiary/aromatic N) is 1. The van der Waals surface area contributed by atoms with E-state index >= 15 is 0 Å². The Bertz CT molecular complexity index is 1010. The number of anilines is 1. The van der Waals surface area contributed by atoms with E-state index < -0.39 is 30.1 Å². The third-order valence-electron chi connectivity index (χ3n) is 4.64. The van der Waals surface area contributed by atoms with Crippen LogP contribution in [0.4, 0.5) is 5.69 Å². The summed E-state index contributed by atoms with van der Waals surface area (Å²) >= 11 is 0. The second-order valence-electron chi connectivity index (χ2n) is 6.73. The average molecular weight is 395 g/mol. The monoisotopic (exact) mass is 395 g/mol. The zero-order valence-electron chi connectivity index (χ0n) is 16.0. The molecule has 2 aromatic carbocycles. The number of amides is 3. The van der Waals surface area contributed by atoms with Crippen LogP contribution in [0, 0.1) is 13.8 Å². The molecule has 1 aliphatic rings. The minimum atomic E-state index is -1.35. The number of rotatable bonds is 7. The van der Waals surface area contributed by atoms with Crippen molar-refractivity contribution >= 4 is 29.4 Å². The van der Waals surface area contributed by atoms with Crippen molar-refractivity contribution in [3.63, 3.8) is 0 Å². The third kappa shape index (κ3) is 4.43. The van der Waals surface area contributed by atoms with Gasteiger partial charge < -0.3 is 20.0 Å². The van der Waals surface area contributed by atoms with Crippen LogP contribution in [0.1, 0.15) is 38.3 Å². The first-order chi connectivity index (χ1) is 13.8. The molecule has 1 aliphatic heterocycles. The molecule has 8 heteroatoms. The Morgan fingerprint density at radius 3 is 2.41 bits per heavy atom. The third-order valence-corrected chi connectivity index (χ3v) is 4.64. The zero-order chi connectivity index (χ0) is 21.1. The van der Waals surface area contributed by atoms with Gasteiger partial charge in [-0.1, -0.05) is 6.07 Å². The Labute approximate surface area is 167 Å². The molecule has 8 nitrogen and oxygen atoms in total. The number of imide groups is 1. The molecule has 150 valence electrons. The van der Waals surface area contributed by atoms with E-state index in [0.717, 1.165) is 16.0 Å². The summed E-state index contributed by atoms with van der Waals surface area (Å²) in [6.07, 6.45) is -0.440. The summed E-state index contributed by atoms with van der Waals surface area (Å²) in [5.41, 5.74) is 2.78. The van der Waals surface area contributed by atoms with Crippen molar-refractivity contribution in [3.8, 4) is 5.75 Å². The van der Waals surface area contributed by atoms with Crippen molar-refractivity contribution in [2.75, 3.05) is 18.5 Å². The molecule has 0 unspecified atom stereocenters. The molecule has 0 spiro atoms. The summed E-state index contributed by atoms with van der Waals surface area (Å²) in [6, 6.07) is 9.83. The fourth-order valence-electron chi connectivity index (χ4n) is 2.92. The van der Waals surface area contributed by atoms with Crippen LogP contribution in [0.3, 0.4) is 0 Å². The minimum Gasteiger partial charge on any atom is -0.550 e. The fraction of sp³-hybridized carbons (Fsp3) is 0.238. The number of hydrogen-bond donors (Lipinski definition) is 1. The molecular formula is C21H19N2O6-. The number of ether oxygens (including phenoxy) is 1. The Morgan fingerprint density at radius 2 is 1.72 bits per heavy atom. The van der Waals surface area contributed by atoms with Crippen LogP contribution in [0.25, 0.3) is 0 Å². The summed E-state index contributed by atoms with van der Waals surface area (Å²) in [5.74, 6) is -2.37. The van der Waals surface area contributed by atoms with Gasteiger partial charge >= 0.3 is 0 Å². The first-order valence-corrected chi connectivity index (χ1v) is 8.96. The maximum absolute atomic E-state index is 12.4. The van der Waals surface area contributed by atoms with E-state index in [2.05, 4.69) is 5.32 Å². The number of aliphatic carboxylic acids is 1. The predicted octanol–water partition coefficient (Wildman–Crippen LogP) is 1.06. The van der Waals surface area contributed by atoms with E-state index in [9.17, 15) is 24.3 Å². The van der Waals surface area contributed by atoms with Crippen molar-refractivity contribution in [3.05, 3.63) is 58.7 Å². The molecule has 0 saturated carbocycles. The summed E-state index contributed by atoms with van der Waals surface area (Å²) < 4.78 is 5.48. The number of carbonyl (C=O) groups excluding carboxylic acids is 4. The number of benzene rings is 2. The van der Waals surface area contributed by atoms with Gasteiger partial charge in [-0.25, -0.2) is 0 Å². The largest absolute Gasteiger partial charge is 0.550 e. The maximum Gasteiger partial charge on any atom is 0.262 e. The summed E-state index contributed by atoms with van der Waals surface area (Å²) in [4.78, 5) is 48.2. The molecule has 0 radical (unpaired) electrons. The van der Waals surface area contributed by atoms with Crippen molar-refractivity contribution in [2.45, 2.75) is 20.3 Å². The Balaban J connectivity index is 1.64. The van der Waals surface area contributed by atoms with E-state index in [4.69, 9.17) is 4.74 Å².